The molecule has 4 fully saturated rings. The van der Waals surface area contributed by atoms with E-state index >= 15 is 0 Å². The van der Waals surface area contributed by atoms with E-state index in [1.807, 2.05) is 30.3 Å². The van der Waals surface area contributed by atoms with Gasteiger partial charge in [0.15, 0.2) is 0 Å². The number of ether oxygens (including phenoxy) is 1. The number of anilines is 2. The van der Waals surface area contributed by atoms with Crippen molar-refractivity contribution in [3.8, 4) is 11.8 Å². The Bertz CT molecular complexity index is 2170. The molecule has 0 aromatic heterocycles. The molecule has 1 unspecified atom stereocenters. The number of hydrogen-bond acceptors (Lipinski definition) is 10. The molecule has 5 amide bonds. The van der Waals surface area contributed by atoms with Gasteiger partial charge < -0.3 is 19.9 Å². The number of nitrogens with zero attached hydrogens (tertiary/aromatic N) is 5. The van der Waals surface area contributed by atoms with E-state index < -0.39 is 29.7 Å². The van der Waals surface area contributed by atoms with Crippen LogP contribution in [0.5, 0.6) is 5.75 Å². The monoisotopic (exact) mass is 777 g/mol. The first kappa shape index (κ1) is 37.5. The molecule has 3 aromatic rings. The van der Waals surface area contributed by atoms with Crippen LogP contribution in [0, 0.1) is 22.2 Å². The third-order valence-electron chi connectivity index (χ3n) is 12.4. The summed E-state index contributed by atoms with van der Waals surface area (Å²) in [5.41, 5.74) is 2.77. The summed E-state index contributed by atoms with van der Waals surface area (Å²) in [6.07, 6.45) is 0.0213. The van der Waals surface area contributed by atoms with Crippen LogP contribution in [0.4, 0.5) is 11.4 Å². The quantitative estimate of drug-likeness (QED) is 0.318. The first-order valence-electron chi connectivity index (χ1n) is 19.0. The summed E-state index contributed by atoms with van der Waals surface area (Å²) in [5.74, 6) is -1.56. The van der Waals surface area contributed by atoms with Crippen LogP contribution < -0.4 is 25.2 Å². The van der Waals surface area contributed by atoms with Gasteiger partial charge in [-0.05, 0) is 61.0 Å². The van der Waals surface area contributed by atoms with Gasteiger partial charge in [0.1, 0.15) is 24.0 Å². The number of carbonyl (C=O) groups excluding carboxylic acids is 5. The number of halogens is 1. The molecular weight excluding hydrogens is 734 g/mol. The standard InChI is InChI=1S/C42H44ClN7O6/c1-41(2)39(42(3,4)40(41)56-29-11-7-25(21-44)32(43)20-29)46-35(52)24-5-8-26(9-6-24)49-22-28(23-49)48-17-15-47(16-18-48)27-10-12-30-31(19-27)38(55)50(37(30)54)33-13-14-34(51)45-36(33)53/h5-12,19-20,28,33,39-40H,13-18,22-23H2,1-4H3,(H,46,52)(H,45,51,53). The number of amides is 5. The van der Waals surface area contributed by atoms with Crippen molar-refractivity contribution in [2.24, 2.45) is 10.8 Å². The lowest BCUT2D eigenvalue weighted by Crippen LogP contribution is -2.74. The molecule has 1 atom stereocenters. The molecule has 13 nitrogen and oxygen atoms in total. The number of imide groups is 2. The molecule has 290 valence electrons. The normalized spacial score (nSPS) is 24.5. The average molecular weight is 778 g/mol. The minimum absolute atomic E-state index is 0.0836. The molecule has 1 saturated carbocycles. The maximum absolute atomic E-state index is 13.5. The van der Waals surface area contributed by atoms with Crippen LogP contribution in [0.2, 0.25) is 5.02 Å². The number of nitriles is 1. The first-order valence-corrected chi connectivity index (χ1v) is 19.4. The Kier molecular flexibility index (Phi) is 9.32. The zero-order valence-corrected chi connectivity index (χ0v) is 32.6. The fraction of sp³-hybridized carbons (Fsp3) is 0.429. The third kappa shape index (κ3) is 6.34. The minimum atomic E-state index is -0.983. The number of nitrogens with one attached hydrogen (secondary N) is 2. The largest absolute Gasteiger partial charge is 0.489 e. The highest BCUT2D eigenvalue weighted by molar-refractivity contribution is 6.31. The Hall–Kier alpha value is -5.45. The Morgan fingerprint density at radius 2 is 1.52 bits per heavy atom. The molecule has 0 spiro atoms. The van der Waals surface area contributed by atoms with Crippen molar-refractivity contribution in [2.75, 3.05) is 49.1 Å². The number of piperidine rings is 1. The molecule has 0 radical (unpaired) electrons. The molecule has 5 aliphatic rings. The highest BCUT2D eigenvalue weighted by atomic mass is 35.5. The molecule has 4 aliphatic heterocycles. The minimum Gasteiger partial charge on any atom is -0.489 e. The summed E-state index contributed by atoms with van der Waals surface area (Å²) in [7, 11) is 0. The Morgan fingerprint density at radius 3 is 2.16 bits per heavy atom. The van der Waals surface area contributed by atoms with Crippen LogP contribution in [-0.4, -0.2) is 103 Å². The number of piperazine rings is 1. The first-order chi connectivity index (χ1) is 26.7. The van der Waals surface area contributed by atoms with Crippen LogP contribution in [0.15, 0.2) is 60.7 Å². The van der Waals surface area contributed by atoms with E-state index in [9.17, 15) is 29.2 Å². The highest BCUT2D eigenvalue weighted by Gasteiger charge is 2.64. The van der Waals surface area contributed by atoms with Crippen LogP contribution in [0.1, 0.15) is 77.2 Å². The molecule has 14 heteroatoms. The van der Waals surface area contributed by atoms with E-state index in [-0.39, 0.29) is 47.3 Å². The van der Waals surface area contributed by atoms with Gasteiger partial charge in [-0.25, -0.2) is 0 Å². The fourth-order valence-corrected chi connectivity index (χ4v) is 9.74. The second-order valence-corrected chi connectivity index (χ2v) is 17.0. The van der Waals surface area contributed by atoms with E-state index in [1.165, 1.54) is 0 Å². The van der Waals surface area contributed by atoms with Crippen molar-refractivity contribution >= 4 is 52.5 Å². The number of rotatable bonds is 8. The topological polar surface area (TPSA) is 155 Å². The summed E-state index contributed by atoms with van der Waals surface area (Å²) in [6, 6.07) is 19.4. The van der Waals surface area contributed by atoms with Crippen LogP contribution in [0.25, 0.3) is 0 Å². The molecule has 56 heavy (non-hydrogen) atoms. The van der Waals surface area contributed by atoms with Gasteiger partial charge in [0.05, 0.1) is 21.7 Å². The maximum atomic E-state index is 13.5. The number of benzene rings is 3. The molecule has 8 rings (SSSR count). The van der Waals surface area contributed by atoms with Crippen LogP contribution in [-0.2, 0) is 9.59 Å². The highest BCUT2D eigenvalue weighted by Crippen LogP contribution is 2.55. The molecule has 0 bridgehead atoms. The third-order valence-corrected chi connectivity index (χ3v) is 12.7. The smallest absolute Gasteiger partial charge is 0.262 e. The van der Waals surface area contributed by atoms with E-state index in [0.29, 0.717) is 33.5 Å². The number of carbonyl (C=O) groups is 5. The van der Waals surface area contributed by atoms with E-state index in [0.717, 1.165) is 55.5 Å². The van der Waals surface area contributed by atoms with Gasteiger partial charge in [0, 0.05) is 91.6 Å². The van der Waals surface area contributed by atoms with E-state index in [1.54, 1.807) is 30.3 Å². The summed E-state index contributed by atoms with van der Waals surface area (Å²) >= 11 is 6.24. The van der Waals surface area contributed by atoms with Crippen LogP contribution >= 0.6 is 11.6 Å². The van der Waals surface area contributed by atoms with Crippen molar-refractivity contribution in [1.82, 2.24) is 20.4 Å². The predicted molar refractivity (Wildman–Crippen MR) is 209 cm³/mol. The summed E-state index contributed by atoms with van der Waals surface area (Å²) in [6.45, 7) is 13.3. The van der Waals surface area contributed by atoms with Gasteiger partial charge in [0.25, 0.3) is 17.7 Å². The number of hydrogen-bond donors (Lipinski definition) is 2. The number of fused-ring (bicyclic) bond motifs is 1. The van der Waals surface area contributed by atoms with Crippen molar-refractivity contribution < 1.29 is 28.7 Å². The van der Waals surface area contributed by atoms with E-state index in [4.69, 9.17) is 16.3 Å². The molecule has 4 heterocycles. The van der Waals surface area contributed by atoms with Gasteiger partial charge in [-0.2, -0.15) is 5.26 Å². The lowest BCUT2D eigenvalue weighted by atomic mass is 9.49. The van der Waals surface area contributed by atoms with Gasteiger partial charge in [-0.3, -0.25) is 39.1 Å². The molecule has 2 N–H and O–H groups in total. The fourth-order valence-electron chi connectivity index (χ4n) is 9.53. The molecule has 3 aromatic carbocycles. The Morgan fingerprint density at radius 1 is 0.857 bits per heavy atom. The zero-order valence-electron chi connectivity index (χ0n) is 31.8. The van der Waals surface area contributed by atoms with Gasteiger partial charge in [-0.1, -0.05) is 39.3 Å². The van der Waals surface area contributed by atoms with Gasteiger partial charge in [-0.15, -0.1) is 0 Å². The lowest BCUT2D eigenvalue weighted by molar-refractivity contribution is -0.164. The average Bonchev–Trinajstić information content (AvgIpc) is 3.40. The summed E-state index contributed by atoms with van der Waals surface area (Å²) in [5, 5.41) is 15.0. The Balaban J connectivity index is 0.816. The van der Waals surface area contributed by atoms with Crippen molar-refractivity contribution in [3.63, 3.8) is 0 Å². The molecule has 3 saturated heterocycles. The summed E-state index contributed by atoms with van der Waals surface area (Å²) in [4.78, 5) is 71.9. The Labute approximate surface area is 330 Å². The van der Waals surface area contributed by atoms with Crippen molar-refractivity contribution in [3.05, 3.63) is 87.9 Å². The summed E-state index contributed by atoms with van der Waals surface area (Å²) < 4.78 is 6.37. The van der Waals surface area contributed by atoms with Crippen LogP contribution in [0.3, 0.4) is 0 Å². The SMILES string of the molecule is CC1(C)C(NC(=O)c2ccc(N3CC(N4CCN(c5ccc6c(c5)C(=O)N(C5CCC(=O)NC5=O)C6=O)CC4)C3)cc2)C(C)(C)C1Oc1ccc(C#N)c(Cl)c1. The van der Waals surface area contributed by atoms with Gasteiger partial charge in [0.2, 0.25) is 11.8 Å². The van der Waals surface area contributed by atoms with Gasteiger partial charge >= 0.3 is 0 Å². The second kappa shape index (κ2) is 13.9. The maximum Gasteiger partial charge on any atom is 0.262 e. The zero-order chi connectivity index (χ0) is 39.7. The van der Waals surface area contributed by atoms with Crippen molar-refractivity contribution in [1.29, 1.82) is 5.26 Å². The molecular formula is C42H44ClN7O6. The molecule has 1 aliphatic carbocycles. The van der Waals surface area contributed by atoms with E-state index in [2.05, 4.69) is 59.1 Å². The van der Waals surface area contributed by atoms with Crippen molar-refractivity contribution in [2.45, 2.75) is 64.8 Å². The lowest BCUT2D eigenvalue weighted by Gasteiger charge is -2.63. The second-order valence-electron chi connectivity index (χ2n) is 16.6. The predicted octanol–water partition coefficient (Wildman–Crippen LogP) is 4.24.